The summed E-state index contributed by atoms with van der Waals surface area (Å²) in [6, 6.07) is 6.11. The summed E-state index contributed by atoms with van der Waals surface area (Å²) in [5, 5.41) is 12.3. The maximum Gasteiger partial charge on any atom is 0.126 e. The molecule has 2 rings (SSSR count). The van der Waals surface area contributed by atoms with Crippen molar-refractivity contribution in [1.82, 2.24) is 4.98 Å². The molecule has 1 aromatic rings. The molecular weight excluding hydrogens is 224 g/mol. The first-order chi connectivity index (χ1) is 8.74. The first-order valence-corrected chi connectivity index (χ1v) is 6.59. The molecule has 0 amide bonds. The molecule has 1 aliphatic rings. The number of hydrogen-bond acceptors (Lipinski definition) is 4. The van der Waals surface area contributed by atoms with Gasteiger partial charge in [0.1, 0.15) is 11.9 Å². The van der Waals surface area contributed by atoms with Crippen molar-refractivity contribution in [2.24, 2.45) is 11.7 Å². The molecule has 1 aromatic heterocycles. The lowest BCUT2D eigenvalue weighted by molar-refractivity contribution is 0.461. The van der Waals surface area contributed by atoms with Crippen molar-refractivity contribution in [3.8, 4) is 6.07 Å². The van der Waals surface area contributed by atoms with Gasteiger partial charge in [-0.05, 0) is 37.8 Å². The minimum atomic E-state index is 0.298. The summed E-state index contributed by atoms with van der Waals surface area (Å²) in [4.78, 5) is 4.41. The first-order valence-electron chi connectivity index (χ1n) is 6.59. The van der Waals surface area contributed by atoms with Crippen LogP contribution in [-0.4, -0.2) is 17.6 Å². The van der Waals surface area contributed by atoms with E-state index in [0.29, 0.717) is 24.1 Å². The van der Waals surface area contributed by atoms with Gasteiger partial charge >= 0.3 is 0 Å². The van der Waals surface area contributed by atoms with Gasteiger partial charge in [0.15, 0.2) is 0 Å². The lowest BCUT2D eigenvalue weighted by Gasteiger charge is -2.23. The Bertz CT molecular complexity index is 444. The minimum Gasteiger partial charge on any atom is -0.366 e. The zero-order valence-electron chi connectivity index (χ0n) is 10.8. The highest BCUT2D eigenvalue weighted by Crippen LogP contribution is 2.28. The van der Waals surface area contributed by atoms with E-state index in [4.69, 9.17) is 11.0 Å². The average molecular weight is 244 g/mol. The third-order valence-electron chi connectivity index (χ3n) is 3.76. The maximum atomic E-state index is 8.88. The smallest absolute Gasteiger partial charge is 0.126 e. The number of nitrogens with one attached hydrogen (secondary N) is 1. The molecule has 4 nitrogen and oxygen atoms in total. The van der Waals surface area contributed by atoms with Gasteiger partial charge in [0.2, 0.25) is 0 Å². The van der Waals surface area contributed by atoms with Crippen molar-refractivity contribution >= 4 is 5.82 Å². The Hall–Kier alpha value is -1.60. The fraction of sp³-hybridized carbons (Fsp3) is 0.571. The highest BCUT2D eigenvalue weighted by molar-refractivity contribution is 5.43. The monoisotopic (exact) mass is 244 g/mol. The van der Waals surface area contributed by atoms with Crippen LogP contribution in [0.25, 0.3) is 0 Å². The SMILES string of the molecule is Cc1nc(NC(CN)C2CCCC2)ccc1C#N. The molecule has 1 atom stereocenters. The number of nitrogens with two attached hydrogens (primary N) is 1. The summed E-state index contributed by atoms with van der Waals surface area (Å²) >= 11 is 0. The summed E-state index contributed by atoms with van der Waals surface area (Å²) in [6.07, 6.45) is 5.12. The average Bonchev–Trinajstić information content (AvgIpc) is 2.90. The zero-order valence-corrected chi connectivity index (χ0v) is 10.8. The molecule has 1 unspecified atom stereocenters. The first kappa shape index (κ1) is 12.8. The topological polar surface area (TPSA) is 74.7 Å². The maximum absolute atomic E-state index is 8.88. The van der Waals surface area contributed by atoms with Crippen LogP contribution in [0.1, 0.15) is 36.9 Å². The van der Waals surface area contributed by atoms with Crippen molar-refractivity contribution in [2.45, 2.75) is 38.6 Å². The number of nitriles is 1. The molecule has 1 fully saturated rings. The Morgan fingerprint density at radius 1 is 1.50 bits per heavy atom. The summed E-state index contributed by atoms with van der Waals surface area (Å²) < 4.78 is 0. The molecule has 1 saturated carbocycles. The standard InChI is InChI=1S/C14H20N4/c1-10-12(8-15)6-7-14(17-10)18-13(9-16)11-4-2-3-5-11/h6-7,11,13H,2-5,9,16H2,1H3,(H,17,18). The van der Waals surface area contributed by atoms with E-state index < -0.39 is 0 Å². The second kappa shape index (κ2) is 5.83. The number of aromatic nitrogens is 1. The van der Waals surface area contributed by atoms with Gasteiger partial charge in [-0.15, -0.1) is 0 Å². The number of aryl methyl sites for hydroxylation is 1. The molecule has 96 valence electrons. The van der Waals surface area contributed by atoms with Gasteiger partial charge in [-0.1, -0.05) is 12.8 Å². The van der Waals surface area contributed by atoms with Crippen LogP contribution in [0.2, 0.25) is 0 Å². The van der Waals surface area contributed by atoms with E-state index in [-0.39, 0.29) is 0 Å². The predicted octanol–water partition coefficient (Wildman–Crippen LogP) is 2.19. The van der Waals surface area contributed by atoms with E-state index in [9.17, 15) is 0 Å². The van der Waals surface area contributed by atoms with Crippen LogP contribution in [-0.2, 0) is 0 Å². The van der Waals surface area contributed by atoms with Crippen LogP contribution < -0.4 is 11.1 Å². The van der Waals surface area contributed by atoms with Gasteiger partial charge in [0, 0.05) is 12.6 Å². The quantitative estimate of drug-likeness (QED) is 0.851. The van der Waals surface area contributed by atoms with Crippen LogP contribution in [0.5, 0.6) is 0 Å². The Kier molecular flexibility index (Phi) is 4.16. The van der Waals surface area contributed by atoms with Crippen LogP contribution in [0.3, 0.4) is 0 Å². The summed E-state index contributed by atoms with van der Waals surface area (Å²) in [6.45, 7) is 2.49. The van der Waals surface area contributed by atoms with Crippen LogP contribution >= 0.6 is 0 Å². The van der Waals surface area contributed by atoms with Crippen LogP contribution in [0.15, 0.2) is 12.1 Å². The molecule has 0 saturated heterocycles. The molecule has 0 aromatic carbocycles. The van der Waals surface area contributed by atoms with E-state index in [1.54, 1.807) is 0 Å². The van der Waals surface area contributed by atoms with E-state index in [1.165, 1.54) is 25.7 Å². The summed E-state index contributed by atoms with van der Waals surface area (Å²) in [5.74, 6) is 1.49. The fourth-order valence-corrected chi connectivity index (χ4v) is 2.68. The molecule has 4 heteroatoms. The molecule has 1 aliphatic carbocycles. The highest BCUT2D eigenvalue weighted by atomic mass is 15.0. The molecule has 0 aliphatic heterocycles. The Morgan fingerprint density at radius 3 is 2.78 bits per heavy atom. The highest BCUT2D eigenvalue weighted by Gasteiger charge is 2.24. The minimum absolute atomic E-state index is 0.298. The van der Waals surface area contributed by atoms with E-state index in [2.05, 4.69) is 16.4 Å². The molecule has 18 heavy (non-hydrogen) atoms. The predicted molar refractivity (Wildman–Crippen MR) is 72.1 cm³/mol. The van der Waals surface area contributed by atoms with Gasteiger partial charge in [0.05, 0.1) is 11.3 Å². The Morgan fingerprint density at radius 2 is 2.22 bits per heavy atom. The van der Waals surface area contributed by atoms with Gasteiger partial charge in [0.25, 0.3) is 0 Å². The van der Waals surface area contributed by atoms with Gasteiger partial charge in [-0.25, -0.2) is 4.98 Å². The van der Waals surface area contributed by atoms with Gasteiger partial charge < -0.3 is 11.1 Å². The molecule has 0 bridgehead atoms. The van der Waals surface area contributed by atoms with Gasteiger partial charge in [-0.3, -0.25) is 0 Å². The number of pyridine rings is 1. The van der Waals surface area contributed by atoms with Crippen LogP contribution in [0.4, 0.5) is 5.82 Å². The molecule has 1 heterocycles. The van der Waals surface area contributed by atoms with Crippen molar-refractivity contribution in [1.29, 1.82) is 5.26 Å². The molecule has 0 spiro atoms. The van der Waals surface area contributed by atoms with E-state index >= 15 is 0 Å². The molecule has 0 radical (unpaired) electrons. The summed E-state index contributed by atoms with van der Waals surface area (Å²) in [5.41, 5.74) is 7.25. The molecule has 3 N–H and O–H groups in total. The lowest BCUT2D eigenvalue weighted by Crippen LogP contribution is -2.35. The number of rotatable bonds is 4. The lowest BCUT2D eigenvalue weighted by atomic mass is 9.98. The van der Waals surface area contributed by atoms with E-state index in [0.717, 1.165) is 11.5 Å². The number of hydrogen-bond donors (Lipinski definition) is 2. The second-order valence-corrected chi connectivity index (χ2v) is 4.97. The normalized spacial score (nSPS) is 17.4. The number of nitrogens with zero attached hydrogens (tertiary/aromatic N) is 2. The fourth-order valence-electron chi connectivity index (χ4n) is 2.68. The van der Waals surface area contributed by atoms with Crippen LogP contribution in [0, 0.1) is 24.2 Å². The third-order valence-corrected chi connectivity index (χ3v) is 3.76. The van der Waals surface area contributed by atoms with Crippen molar-refractivity contribution < 1.29 is 0 Å². The second-order valence-electron chi connectivity index (χ2n) is 4.97. The zero-order chi connectivity index (χ0) is 13.0. The number of anilines is 1. The third kappa shape index (κ3) is 2.80. The van der Waals surface area contributed by atoms with Crippen molar-refractivity contribution in [3.63, 3.8) is 0 Å². The van der Waals surface area contributed by atoms with Crippen molar-refractivity contribution in [3.05, 3.63) is 23.4 Å². The summed E-state index contributed by atoms with van der Waals surface area (Å²) in [7, 11) is 0. The largest absolute Gasteiger partial charge is 0.366 e. The molecular formula is C14H20N4. The van der Waals surface area contributed by atoms with E-state index in [1.807, 2.05) is 19.1 Å². The van der Waals surface area contributed by atoms with Crippen molar-refractivity contribution in [2.75, 3.05) is 11.9 Å². The Balaban J connectivity index is 2.07. The van der Waals surface area contributed by atoms with Gasteiger partial charge in [-0.2, -0.15) is 5.26 Å². The Labute approximate surface area is 108 Å².